The highest BCUT2D eigenvalue weighted by Crippen LogP contribution is 2.31. The Bertz CT molecular complexity index is 413. The van der Waals surface area contributed by atoms with Crippen LogP contribution in [-0.2, 0) is 10.2 Å². The van der Waals surface area contributed by atoms with Crippen LogP contribution in [0.15, 0.2) is 18.2 Å². The second kappa shape index (κ2) is 5.17. The van der Waals surface area contributed by atoms with Crippen molar-refractivity contribution in [3.05, 3.63) is 29.6 Å². The van der Waals surface area contributed by atoms with E-state index in [1.54, 1.807) is 26.0 Å². The van der Waals surface area contributed by atoms with Crippen LogP contribution in [0.25, 0.3) is 0 Å². The smallest absolute Gasteiger partial charge is 0.304 e. The molecule has 1 aromatic carbocycles. The van der Waals surface area contributed by atoms with Gasteiger partial charge in [0.25, 0.3) is 0 Å². The van der Waals surface area contributed by atoms with Gasteiger partial charge in [-0.05, 0) is 18.6 Å². The Morgan fingerprint density at radius 1 is 1.47 bits per heavy atom. The van der Waals surface area contributed by atoms with E-state index in [4.69, 9.17) is 9.84 Å². The fourth-order valence-corrected chi connectivity index (χ4v) is 1.77. The molecule has 94 valence electrons. The molecule has 0 aromatic heterocycles. The van der Waals surface area contributed by atoms with Gasteiger partial charge in [-0.25, -0.2) is 4.39 Å². The quantitative estimate of drug-likeness (QED) is 0.860. The molecule has 0 aliphatic carbocycles. The summed E-state index contributed by atoms with van der Waals surface area (Å²) in [5, 5.41) is 8.79. The van der Waals surface area contributed by atoms with Crippen LogP contribution in [0.4, 0.5) is 4.39 Å². The van der Waals surface area contributed by atoms with Gasteiger partial charge in [0.15, 0.2) is 0 Å². The van der Waals surface area contributed by atoms with Crippen LogP contribution in [0, 0.1) is 5.82 Å². The van der Waals surface area contributed by atoms with Crippen molar-refractivity contribution in [1.82, 2.24) is 0 Å². The summed E-state index contributed by atoms with van der Waals surface area (Å²) in [6.07, 6.45) is -0.113. The lowest BCUT2D eigenvalue weighted by molar-refractivity contribution is -0.138. The fourth-order valence-electron chi connectivity index (χ4n) is 1.77. The molecule has 1 N–H and O–H groups in total. The molecule has 0 aliphatic heterocycles. The Labute approximate surface area is 100 Å². The molecule has 0 heterocycles. The number of carboxylic acids is 1. The Hall–Kier alpha value is -1.58. The average molecular weight is 240 g/mol. The van der Waals surface area contributed by atoms with Gasteiger partial charge < -0.3 is 9.84 Å². The summed E-state index contributed by atoms with van der Waals surface area (Å²) in [7, 11) is 0. The minimum atomic E-state index is -0.941. The van der Waals surface area contributed by atoms with Crippen molar-refractivity contribution >= 4 is 5.97 Å². The monoisotopic (exact) mass is 240 g/mol. The molecule has 0 fully saturated rings. The number of benzene rings is 1. The third-order valence-corrected chi connectivity index (χ3v) is 2.57. The predicted octanol–water partition coefficient (Wildman–Crippen LogP) is 2.98. The SMILES string of the molecule is CCOc1ccc(C(C)(C)CC(=O)O)c(F)c1. The first-order valence-corrected chi connectivity index (χ1v) is 5.51. The standard InChI is InChI=1S/C13H17FO3/c1-4-17-9-5-6-10(11(14)7-9)13(2,3)8-12(15)16/h5-7H,4,8H2,1-3H3,(H,15,16). The minimum absolute atomic E-state index is 0.113. The van der Waals surface area contributed by atoms with Crippen molar-refractivity contribution in [1.29, 1.82) is 0 Å². The molecule has 0 radical (unpaired) electrons. The molecule has 0 spiro atoms. The second-order valence-electron chi connectivity index (χ2n) is 4.53. The maximum Gasteiger partial charge on any atom is 0.304 e. The van der Waals surface area contributed by atoms with Gasteiger partial charge in [-0.15, -0.1) is 0 Å². The lowest BCUT2D eigenvalue weighted by Gasteiger charge is -2.23. The third kappa shape index (κ3) is 3.44. The zero-order chi connectivity index (χ0) is 13.1. The van der Waals surface area contributed by atoms with E-state index in [0.717, 1.165) is 0 Å². The average Bonchev–Trinajstić information content (AvgIpc) is 2.15. The number of carbonyl (C=O) groups is 1. The van der Waals surface area contributed by atoms with Gasteiger partial charge in [-0.1, -0.05) is 19.9 Å². The van der Waals surface area contributed by atoms with Crippen molar-refractivity contribution in [2.24, 2.45) is 0 Å². The van der Waals surface area contributed by atoms with Crippen molar-refractivity contribution in [2.45, 2.75) is 32.6 Å². The van der Waals surface area contributed by atoms with Gasteiger partial charge in [-0.3, -0.25) is 4.79 Å². The molecule has 0 bridgehead atoms. The Morgan fingerprint density at radius 2 is 2.12 bits per heavy atom. The molecule has 1 aromatic rings. The highest BCUT2D eigenvalue weighted by atomic mass is 19.1. The van der Waals surface area contributed by atoms with E-state index in [1.807, 2.05) is 6.92 Å². The highest BCUT2D eigenvalue weighted by Gasteiger charge is 2.27. The third-order valence-electron chi connectivity index (χ3n) is 2.57. The van der Waals surface area contributed by atoms with E-state index in [0.29, 0.717) is 17.9 Å². The fraction of sp³-hybridized carbons (Fsp3) is 0.462. The summed E-state index contributed by atoms with van der Waals surface area (Å²) < 4.78 is 19.0. The van der Waals surface area contributed by atoms with Gasteiger partial charge in [0.1, 0.15) is 11.6 Å². The molecule has 0 saturated heterocycles. The van der Waals surface area contributed by atoms with E-state index in [2.05, 4.69) is 0 Å². The van der Waals surface area contributed by atoms with E-state index in [9.17, 15) is 9.18 Å². The summed E-state index contributed by atoms with van der Waals surface area (Å²) in [4.78, 5) is 10.7. The van der Waals surface area contributed by atoms with Crippen LogP contribution in [-0.4, -0.2) is 17.7 Å². The van der Waals surface area contributed by atoms with Crippen molar-refractivity contribution in [3.63, 3.8) is 0 Å². The van der Waals surface area contributed by atoms with Gasteiger partial charge in [0.2, 0.25) is 0 Å². The van der Waals surface area contributed by atoms with Gasteiger partial charge >= 0.3 is 5.97 Å². The molecule has 3 nitrogen and oxygen atoms in total. The van der Waals surface area contributed by atoms with Crippen LogP contribution in [0.3, 0.4) is 0 Å². The molecule has 0 unspecified atom stereocenters. The number of hydrogen-bond donors (Lipinski definition) is 1. The molecular weight excluding hydrogens is 223 g/mol. The maximum absolute atomic E-state index is 13.8. The Morgan fingerprint density at radius 3 is 2.59 bits per heavy atom. The summed E-state index contributed by atoms with van der Waals surface area (Å²) >= 11 is 0. The van der Waals surface area contributed by atoms with E-state index >= 15 is 0 Å². The summed E-state index contributed by atoms with van der Waals surface area (Å²) in [6, 6.07) is 4.54. The number of rotatable bonds is 5. The van der Waals surface area contributed by atoms with Gasteiger partial charge in [0.05, 0.1) is 13.0 Å². The van der Waals surface area contributed by atoms with Crippen molar-refractivity contribution in [2.75, 3.05) is 6.61 Å². The molecule has 0 saturated carbocycles. The second-order valence-corrected chi connectivity index (χ2v) is 4.53. The lowest BCUT2D eigenvalue weighted by Crippen LogP contribution is -2.23. The highest BCUT2D eigenvalue weighted by molar-refractivity contribution is 5.69. The largest absolute Gasteiger partial charge is 0.494 e. The van der Waals surface area contributed by atoms with Crippen LogP contribution in [0.5, 0.6) is 5.75 Å². The van der Waals surface area contributed by atoms with Gasteiger partial charge in [-0.2, -0.15) is 0 Å². The molecular formula is C13H17FO3. The van der Waals surface area contributed by atoms with Gasteiger partial charge in [0, 0.05) is 11.5 Å². The summed E-state index contributed by atoms with van der Waals surface area (Å²) in [5.74, 6) is -0.912. The predicted molar refractivity (Wildman–Crippen MR) is 62.8 cm³/mol. The molecule has 4 heteroatoms. The van der Waals surface area contributed by atoms with Crippen LogP contribution < -0.4 is 4.74 Å². The topological polar surface area (TPSA) is 46.5 Å². The van der Waals surface area contributed by atoms with Crippen LogP contribution in [0.1, 0.15) is 32.8 Å². The normalized spacial score (nSPS) is 11.3. The minimum Gasteiger partial charge on any atom is -0.494 e. The number of aliphatic carboxylic acids is 1. The molecule has 0 amide bonds. The van der Waals surface area contributed by atoms with Crippen molar-refractivity contribution < 1.29 is 19.0 Å². The summed E-state index contributed by atoms with van der Waals surface area (Å²) in [6.45, 7) is 5.71. The zero-order valence-corrected chi connectivity index (χ0v) is 10.3. The first-order chi connectivity index (χ1) is 7.86. The first kappa shape index (κ1) is 13.5. The first-order valence-electron chi connectivity index (χ1n) is 5.51. The molecule has 0 aliphatic rings. The number of carboxylic acid groups (broad SMARTS) is 1. The van der Waals surface area contributed by atoms with Crippen LogP contribution in [0.2, 0.25) is 0 Å². The Kier molecular flexibility index (Phi) is 4.10. The van der Waals surface area contributed by atoms with E-state index < -0.39 is 17.2 Å². The summed E-state index contributed by atoms with van der Waals surface area (Å²) in [5.41, 5.74) is -0.343. The number of halogens is 1. The maximum atomic E-state index is 13.8. The number of hydrogen-bond acceptors (Lipinski definition) is 2. The van der Waals surface area contributed by atoms with E-state index in [1.165, 1.54) is 6.07 Å². The molecule has 1 rings (SSSR count). The number of ether oxygens (including phenoxy) is 1. The molecule has 17 heavy (non-hydrogen) atoms. The van der Waals surface area contributed by atoms with E-state index in [-0.39, 0.29) is 6.42 Å². The van der Waals surface area contributed by atoms with Crippen LogP contribution >= 0.6 is 0 Å². The lowest BCUT2D eigenvalue weighted by atomic mass is 9.81. The molecule has 0 atom stereocenters. The zero-order valence-electron chi connectivity index (χ0n) is 10.3. The van der Waals surface area contributed by atoms with Crippen molar-refractivity contribution in [3.8, 4) is 5.75 Å². The Balaban J connectivity index is 3.02.